The number of benzene rings is 3. The van der Waals surface area contributed by atoms with Crippen LogP contribution in [0.5, 0.6) is 11.5 Å². The summed E-state index contributed by atoms with van der Waals surface area (Å²) in [6.07, 6.45) is 2.58. The Bertz CT molecular complexity index is 987. The maximum Gasteiger partial charge on any atom is 0.124 e. The number of aliphatic hydroxyl groups is 1. The molecule has 0 aliphatic carbocycles. The molecule has 0 saturated carbocycles. The average Bonchev–Trinajstić information content (AvgIpc) is 2.83. The fourth-order valence-electron chi connectivity index (χ4n) is 4.25. The molecule has 3 unspecified atom stereocenters. The summed E-state index contributed by atoms with van der Waals surface area (Å²) in [6.45, 7) is 6.87. The molecular weight excluding hydrogens is 415 g/mol. The van der Waals surface area contributed by atoms with Crippen LogP contribution in [-0.2, 0) is 11.8 Å². The summed E-state index contributed by atoms with van der Waals surface area (Å²) in [5, 5.41) is 11.5. The van der Waals surface area contributed by atoms with Gasteiger partial charge in [-0.05, 0) is 54.4 Å². The van der Waals surface area contributed by atoms with Crippen molar-refractivity contribution in [3.05, 3.63) is 89.5 Å². The minimum atomic E-state index is -0.492. The van der Waals surface area contributed by atoms with Gasteiger partial charge in [0.1, 0.15) is 18.1 Å². The standard InChI is InChI=1S/C28H35O3P/c1-5-18-28(6-2,32-27-15-11-10-14-24(27)21(3)29)25-19-23(30-4)16-17-26(25)31-20-22-12-8-7-9-13-22/h7-17,19,21,29,32H,5-6,18,20H2,1-4H3. The first-order chi connectivity index (χ1) is 15.5. The number of rotatable bonds is 11. The van der Waals surface area contributed by atoms with E-state index in [2.05, 4.69) is 44.2 Å². The maximum atomic E-state index is 10.4. The van der Waals surface area contributed by atoms with Crippen LogP contribution in [0.15, 0.2) is 72.8 Å². The van der Waals surface area contributed by atoms with Crippen molar-refractivity contribution in [1.29, 1.82) is 0 Å². The molecule has 0 fully saturated rings. The first-order valence-electron chi connectivity index (χ1n) is 11.4. The molecule has 0 bridgehead atoms. The van der Waals surface area contributed by atoms with Crippen LogP contribution in [0.4, 0.5) is 0 Å². The minimum absolute atomic E-state index is 0.0969. The van der Waals surface area contributed by atoms with Gasteiger partial charge in [0.25, 0.3) is 0 Å². The largest absolute Gasteiger partial charge is 0.497 e. The monoisotopic (exact) mass is 450 g/mol. The van der Waals surface area contributed by atoms with Crippen LogP contribution in [0, 0.1) is 0 Å². The highest BCUT2D eigenvalue weighted by Gasteiger charge is 2.34. The quantitative estimate of drug-likeness (QED) is 0.329. The van der Waals surface area contributed by atoms with Crippen LogP contribution in [0.25, 0.3) is 0 Å². The molecule has 0 aliphatic heterocycles. The molecule has 32 heavy (non-hydrogen) atoms. The maximum absolute atomic E-state index is 10.4. The van der Waals surface area contributed by atoms with E-state index < -0.39 is 6.10 Å². The summed E-state index contributed by atoms with van der Waals surface area (Å²) in [6, 6.07) is 24.7. The van der Waals surface area contributed by atoms with E-state index in [1.54, 1.807) is 7.11 Å². The molecular formula is C28H35O3P. The van der Waals surface area contributed by atoms with Crippen molar-refractivity contribution in [3.63, 3.8) is 0 Å². The molecule has 3 aromatic rings. The second-order valence-electron chi connectivity index (χ2n) is 8.21. The predicted octanol–water partition coefficient (Wildman–Crippen LogP) is 6.74. The van der Waals surface area contributed by atoms with Gasteiger partial charge in [-0.1, -0.05) is 83.4 Å². The Morgan fingerprint density at radius 1 is 0.969 bits per heavy atom. The molecule has 0 spiro atoms. The van der Waals surface area contributed by atoms with Gasteiger partial charge in [-0.3, -0.25) is 0 Å². The molecule has 3 rings (SSSR count). The van der Waals surface area contributed by atoms with E-state index >= 15 is 0 Å². The molecule has 4 heteroatoms. The Labute approximate surface area is 194 Å². The Balaban J connectivity index is 2.05. The van der Waals surface area contributed by atoms with Gasteiger partial charge in [0.2, 0.25) is 0 Å². The molecule has 170 valence electrons. The van der Waals surface area contributed by atoms with Crippen molar-refractivity contribution in [1.82, 2.24) is 0 Å². The summed E-state index contributed by atoms with van der Waals surface area (Å²) in [5.41, 5.74) is 3.35. The van der Waals surface area contributed by atoms with Gasteiger partial charge in [0.05, 0.1) is 13.2 Å². The first kappa shape index (κ1) is 24.3. The van der Waals surface area contributed by atoms with Gasteiger partial charge in [-0.25, -0.2) is 0 Å². The van der Waals surface area contributed by atoms with Crippen molar-refractivity contribution in [2.75, 3.05) is 7.11 Å². The van der Waals surface area contributed by atoms with Gasteiger partial charge in [-0.15, -0.1) is 0 Å². The van der Waals surface area contributed by atoms with E-state index in [1.165, 1.54) is 10.9 Å². The fourth-order valence-corrected chi connectivity index (χ4v) is 6.26. The molecule has 0 aliphatic rings. The van der Waals surface area contributed by atoms with Crippen LogP contribution in [0.2, 0.25) is 0 Å². The smallest absolute Gasteiger partial charge is 0.124 e. The molecule has 0 amide bonds. The Kier molecular flexibility index (Phi) is 8.73. The van der Waals surface area contributed by atoms with Gasteiger partial charge in [0, 0.05) is 10.7 Å². The van der Waals surface area contributed by atoms with Gasteiger partial charge < -0.3 is 14.6 Å². The van der Waals surface area contributed by atoms with E-state index in [9.17, 15) is 5.11 Å². The lowest BCUT2D eigenvalue weighted by molar-refractivity contribution is 0.200. The van der Waals surface area contributed by atoms with Crippen LogP contribution < -0.4 is 14.8 Å². The molecule has 0 aromatic heterocycles. The van der Waals surface area contributed by atoms with E-state index in [1.807, 2.05) is 49.4 Å². The summed E-state index contributed by atoms with van der Waals surface area (Å²) in [7, 11) is 2.22. The van der Waals surface area contributed by atoms with Gasteiger partial charge in [-0.2, -0.15) is 0 Å². The van der Waals surface area contributed by atoms with E-state index in [4.69, 9.17) is 9.47 Å². The SMILES string of the molecule is CCCC(CC)(Pc1ccccc1C(C)O)c1cc(OC)ccc1OCc1ccccc1. The Morgan fingerprint density at radius 3 is 2.34 bits per heavy atom. The lowest BCUT2D eigenvalue weighted by Gasteiger charge is -2.36. The average molecular weight is 451 g/mol. The second kappa shape index (κ2) is 11.5. The third-order valence-electron chi connectivity index (χ3n) is 6.00. The highest BCUT2D eigenvalue weighted by molar-refractivity contribution is 7.48. The van der Waals surface area contributed by atoms with E-state index in [0.717, 1.165) is 41.9 Å². The summed E-state index contributed by atoms with van der Waals surface area (Å²) >= 11 is 0. The molecule has 1 N–H and O–H groups in total. The van der Waals surface area contributed by atoms with Crippen LogP contribution >= 0.6 is 8.58 Å². The van der Waals surface area contributed by atoms with Crippen LogP contribution in [0.3, 0.4) is 0 Å². The highest BCUT2D eigenvalue weighted by atomic mass is 31.1. The molecule has 3 atom stereocenters. The van der Waals surface area contributed by atoms with Gasteiger partial charge in [0.15, 0.2) is 0 Å². The Hall–Kier alpha value is -2.35. The van der Waals surface area contributed by atoms with Crippen molar-refractivity contribution < 1.29 is 14.6 Å². The van der Waals surface area contributed by atoms with Crippen molar-refractivity contribution in [2.24, 2.45) is 0 Å². The van der Waals surface area contributed by atoms with Crippen molar-refractivity contribution in [3.8, 4) is 11.5 Å². The zero-order valence-corrected chi connectivity index (χ0v) is 20.6. The summed E-state index contributed by atoms with van der Waals surface area (Å²) < 4.78 is 12.0. The zero-order chi connectivity index (χ0) is 23.0. The third kappa shape index (κ3) is 5.71. The van der Waals surface area contributed by atoms with E-state index in [-0.39, 0.29) is 5.16 Å². The second-order valence-corrected chi connectivity index (χ2v) is 9.96. The number of ether oxygens (including phenoxy) is 2. The summed E-state index contributed by atoms with van der Waals surface area (Å²) in [5.74, 6) is 1.75. The molecule has 3 aromatic carbocycles. The number of aliphatic hydroxyl groups excluding tert-OH is 1. The van der Waals surface area contributed by atoms with Crippen molar-refractivity contribution >= 4 is 13.9 Å². The Morgan fingerprint density at radius 2 is 1.69 bits per heavy atom. The van der Waals surface area contributed by atoms with Crippen LogP contribution in [0.1, 0.15) is 62.8 Å². The van der Waals surface area contributed by atoms with Crippen LogP contribution in [-0.4, -0.2) is 12.2 Å². The molecule has 3 nitrogen and oxygen atoms in total. The minimum Gasteiger partial charge on any atom is -0.497 e. The number of hydrogen-bond acceptors (Lipinski definition) is 3. The first-order valence-corrected chi connectivity index (χ1v) is 12.4. The predicted molar refractivity (Wildman–Crippen MR) is 136 cm³/mol. The molecule has 0 heterocycles. The molecule has 0 radical (unpaired) electrons. The normalized spacial score (nSPS) is 14.3. The van der Waals surface area contributed by atoms with E-state index in [0.29, 0.717) is 15.2 Å². The molecule has 0 saturated heterocycles. The van der Waals surface area contributed by atoms with Gasteiger partial charge >= 0.3 is 0 Å². The third-order valence-corrected chi connectivity index (χ3v) is 8.08. The lowest BCUT2D eigenvalue weighted by atomic mass is 9.89. The van der Waals surface area contributed by atoms with Crippen molar-refractivity contribution in [2.45, 2.75) is 57.9 Å². The summed E-state index contributed by atoms with van der Waals surface area (Å²) in [4.78, 5) is 0. The number of methoxy groups -OCH3 is 1. The zero-order valence-electron chi connectivity index (χ0n) is 19.6. The number of hydrogen-bond donors (Lipinski definition) is 1. The fraction of sp³-hybridized carbons (Fsp3) is 0.357. The highest BCUT2D eigenvalue weighted by Crippen LogP contribution is 2.52. The topological polar surface area (TPSA) is 38.7 Å². The lowest BCUT2D eigenvalue weighted by Crippen LogP contribution is -2.25.